The fraction of sp³-hybridized carbons (Fsp3) is 0.550. The predicted molar refractivity (Wildman–Crippen MR) is 102 cm³/mol. The summed E-state index contributed by atoms with van der Waals surface area (Å²) in [6.07, 6.45) is 1.56. The molecule has 7 nitrogen and oxygen atoms in total. The average Bonchev–Trinajstić information content (AvgIpc) is 2.59. The van der Waals surface area contributed by atoms with Gasteiger partial charge in [-0.2, -0.15) is 0 Å². The maximum Gasteiger partial charge on any atom is 0.410 e. The number of likely N-dealkylation sites (tertiary alicyclic amines) is 1. The molecule has 0 aliphatic carbocycles. The van der Waals surface area contributed by atoms with Crippen molar-refractivity contribution < 1.29 is 23.9 Å². The van der Waals surface area contributed by atoms with E-state index in [-0.39, 0.29) is 24.5 Å². The maximum atomic E-state index is 12.2. The third kappa shape index (κ3) is 6.92. The molecule has 0 aromatic heterocycles. The Balaban J connectivity index is 1.90. The highest BCUT2D eigenvalue weighted by Crippen LogP contribution is 2.19. The molecule has 1 heterocycles. The Morgan fingerprint density at radius 3 is 2.44 bits per heavy atom. The number of ketones is 1. The Hall–Kier alpha value is -2.57. The first-order valence-electron chi connectivity index (χ1n) is 9.15. The zero-order valence-corrected chi connectivity index (χ0v) is 16.4. The van der Waals surface area contributed by atoms with Gasteiger partial charge < -0.3 is 19.7 Å². The number of Topliss-reactive ketones (excluding diaryl/α,β-unsaturated/α-hetero) is 1. The number of carbonyl (C=O) groups is 3. The molecule has 7 heteroatoms. The zero-order chi connectivity index (χ0) is 20.0. The van der Waals surface area contributed by atoms with Gasteiger partial charge in [0.05, 0.1) is 0 Å². The Bertz CT molecular complexity index is 679. The second kappa shape index (κ2) is 8.88. The van der Waals surface area contributed by atoms with Crippen molar-refractivity contribution >= 4 is 23.5 Å². The smallest absolute Gasteiger partial charge is 0.410 e. The lowest BCUT2D eigenvalue weighted by Crippen LogP contribution is -2.46. The Morgan fingerprint density at radius 1 is 1.19 bits per heavy atom. The summed E-state index contributed by atoms with van der Waals surface area (Å²) in [7, 11) is 0. The Kier molecular flexibility index (Phi) is 6.82. The summed E-state index contributed by atoms with van der Waals surface area (Å²) in [5.41, 5.74) is 0.849. The van der Waals surface area contributed by atoms with Gasteiger partial charge in [-0.3, -0.25) is 9.59 Å². The van der Waals surface area contributed by atoms with Gasteiger partial charge in [-0.15, -0.1) is 0 Å². The normalized spacial score (nSPS) is 17.2. The number of nitrogens with zero attached hydrogens (tertiary/aromatic N) is 1. The van der Waals surface area contributed by atoms with Crippen molar-refractivity contribution in [3.8, 4) is 0 Å². The minimum Gasteiger partial charge on any atom is -0.457 e. The zero-order valence-electron chi connectivity index (χ0n) is 16.4. The van der Waals surface area contributed by atoms with Crippen LogP contribution in [0.2, 0.25) is 0 Å². The number of nitrogens with one attached hydrogen (secondary N) is 1. The summed E-state index contributed by atoms with van der Waals surface area (Å²) >= 11 is 0. The second-order valence-electron chi connectivity index (χ2n) is 7.69. The second-order valence-corrected chi connectivity index (χ2v) is 7.69. The number of hydrogen-bond acceptors (Lipinski definition) is 6. The standard InChI is InChI=1S/C20H28N2O5/c1-14(23)26-13-18(24)15-7-9-16(10-8-15)21-17-6-5-11-22(12-17)19(25)27-20(2,3)4/h7-10,17,21H,5-6,11-13H2,1-4H3/t17-/m1/s1. The molecule has 0 saturated carbocycles. The minimum absolute atomic E-state index is 0.119. The number of benzene rings is 1. The maximum absolute atomic E-state index is 12.2. The molecule has 1 aromatic rings. The van der Waals surface area contributed by atoms with E-state index in [1.54, 1.807) is 17.0 Å². The molecule has 1 amide bonds. The number of carbonyl (C=O) groups excluding carboxylic acids is 3. The van der Waals surface area contributed by atoms with Gasteiger partial charge in [-0.05, 0) is 57.9 Å². The molecule has 1 N–H and O–H groups in total. The minimum atomic E-state index is -0.508. The third-order valence-electron chi connectivity index (χ3n) is 4.06. The number of rotatable bonds is 5. The topological polar surface area (TPSA) is 84.9 Å². The SMILES string of the molecule is CC(=O)OCC(=O)c1ccc(N[C@@H]2CCCN(C(=O)OC(C)(C)C)C2)cc1. The average molecular weight is 376 g/mol. The lowest BCUT2D eigenvalue weighted by molar-refractivity contribution is -0.139. The molecular formula is C20H28N2O5. The number of piperidine rings is 1. The molecule has 1 atom stereocenters. The number of ether oxygens (including phenoxy) is 2. The van der Waals surface area contributed by atoms with Crippen molar-refractivity contribution in [2.45, 2.75) is 52.2 Å². The van der Waals surface area contributed by atoms with Crippen LogP contribution in [0.25, 0.3) is 0 Å². The molecule has 1 saturated heterocycles. The van der Waals surface area contributed by atoms with Crippen LogP contribution in [0.1, 0.15) is 50.9 Å². The first-order chi connectivity index (χ1) is 12.6. The summed E-state index contributed by atoms with van der Waals surface area (Å²) < 4.78 is 10.2. The third-order valence-corrected chi connectivity index (χ3v) is 4.06. The van der Waals surface area contributed by atoms with Gasteiger partial charge in [0.15, 0.2) is 12.4 Å². The van der Waals surface area contributed by atoms with Crippen LogP contribution in [0.4, 0.5) is 10.5 Å². The van der Waals surface area contributed by atoms with Crippen molar-refractivity contribution in [1.29, 1.82) is 0 Å². The molecular weight excluding hydrogens is 348 g/mol. The number of hydrogen-bond donors (Lipinski definition) is 1. The lowest BCUT2D eigenvalue weighted by Gasteiger charge is -2.34. The highest BCUT2D eigenvalue weighted by molar-refractivity contribution is 5.98. The van der Waals surface area contributed by atoms with Crippen LogP contribution in [-0.2, 0) is 14.3 Å². The van der Waals surface area contributed by atoms with Gasteiger partial charge in [0.1, 0.15) is 5.60 Å². The van der Waals surface area contributed by atoms with E-state index in [0.29, 0.717) is 18.7 Å². The largest absolute Gasteiger partial charge is 0.457 e. The number of anilines is 1. The molecule has 2 rings (SSSR count). The van der Waals surface area contributed by atoms with Gasteiger partial charge in [-0.1, -0.05) is 0 Å². The highest BCUT2D eigenvalue weighted by atomic mass is 16.6. The number of amides is 1. The van der Waals surface area contributed by atoms with Gasteiger partial charge in [0.25, 0.3) is 0 Å². The Morgan fingerprint density at radius 2 is 1.85 bits per heavy atom. The molecule has 148 valence electrons. The van der Waals surface area contributed by atoms with Gasteiger partial charge in [0.2, 0.25) is 0 Å². The van der Waals surface area contributed by atoms with Crippen molar-refractivity contribution in [3.05, 3.63) is 29.8 Å². The fourth-order valence-corrected chi connectivity index (χ4v) is 2.83. The first kappa shape index (κ1) is 20.7. The quantitative estimate of drug-likeness (QED) is 0.627. The fourth-order valence-electron chi connectivity index (χ4n) is 2.83. The van der Waals surface area contributed by atoms with Crippen LogP contribution in [0.3, 0.4) is 0 Å². The number of esters is 1. The monoisotopic (exact) mass is 376 g/mol. The van der Waals surface area contributed by atoms with Crippen molar-refractivity contribution in [3.63, 3.8) is 0 Å². The van der Waals surface area contributed by atoms with Crippen molar-refractivity contribution in [2.24, 2.45) is 0 Å². The molecule has 1 aliphatic rings. The van der Waals surface area contributed by atoms with E-state index < -0.39 is 11.6 Å². The van der Waals surface area contributed by atoms with E-state index in [4.69, 9.17) is 9.47 Å². The van der Waals surface area contributed by atoms with Gasteiger partial charge in [-0.25, -0.2) is 4.79 Å². The van der Waals surface area contributed by atoms with E-state index in [1.807, 2.05) is 32.9 Å². The summed E-state index contributed by atoms with van der Waals surface area (Å²) in [4.78, 5) is 36.7. The van der Waals surface area contributed by atoms with Gasteiger partial charge in [0, 0.05) is 37.3 Å². The summed E-state index contributed by atoms with van der Waals surface area (Å²) in [5, 5.41) is 3.40. The molecule has 0 bridgehead atoms. The molecule has 27 heavy (non-hydrogen) atoms. The van der Waals surface area contributed by atoms with Crippen LogP contribution in [0.5, 0.6) is 0 Å². The van der Waals surface area contributed by atoms with E-state index in [0.717, 1.165) is 18.5 Å². The molecule has 0 radical (unpaired) electrons. The summed E-state index contributed by atoms with van der Waals surface area (Å²) in [6, 6.07) is 7.14. The van der Waals surface area contributed by atoms with Gasteiger partial charge >= 0.3 is 12.1 Å². The van der Waals surface area contributed by atoms with Crippen LogP contribution < -0.4 is 5.32 Å². The molecule has 1 fully saturated rings. The van der Waals surface area contributed by atoms with E-state index in [1.165, 1.54) is 6.92 Å². The molecule has 0 spiro atoms. The molecule has 1 aromatic carbocycles. The van der Waals surface area contributed by atoms with E-state index in [9.17, 15) is 14.4 Å². The summed E-state index contributed by atoms with van der Waals surface area (Å²) in [5.74, 6) is -0.723. The predicted octanol–water partition coefficient (Wildman–Crippen LogP) is 3.24. The van der Waals surface area contributed by atoms with Crippen LogP contribution >= 0.6 is 0 Å². The van der Waals surface area contributed by atoms with Crippen LogP contribution in [0, 0.1) is 0 Å². The molecule has 0 unspecified atom stereocenters. The summed E-state index contributed by atoms with van der Waals surface area (Å²) in [6.45, 7) is 7.85. The van der Waals surface area contributed by atoms with Crippen LogP contribution in [0.15, 0.2) is 24.3 Å². The van der Waals surface area contributed by atoms with E-state index in [2.05, 4.69) is 5.32 Å². The van der Waals surface area contributed by atoms with Crippen LogP contribution in [-0.4, -0.2) is 54.1 Å². The molecule has 1 aliphatic heterocycles. The lowest BCUT2D eigenvalue weighted by atomic mass is 10.1. The van der Waals surface area contributed by atoms with Crippen molar-refractivity contribution in [2.75, 3.05) is 25.0 Å². The first-order valence-corrected chi connectivity index (χ1v) is 9.15. The van der Waals surface area contributed by atoms with Crippen molar-refractivity contribution in [1.82, 2.24) is 4.90 Å². The van der Waals surface area contributed by atoms with E-state index >= 15 is 0 Å². The Labute approximate surface area is 160 Å². The highest BCUT2D eigenvalue weighted by Gasteiger charge is 2.27.